The predicted octanol–water partition coefficient (Wildman–Crippen LogP) is 0.511. The number of rotatable bonds is 10. The molecule has 18 heavy (non-hydrogen) atoms. The van der Waals surface area contributed by atoms with E-state index in [0.717, 1.165) is 12.8 Å². The van der Waals surface area contributed by atoms with E-state index < -0.39 is 0 Å². The van der Waals surface area contributed by atoms with Gasteiger partial charge in [0.1, 0.15) is 0 Å². The minimum atomic E-state index is -0.216. The largest absolute Gasteiger partial charge is 0.396 e. The van der Waals surface area contributed by atoms with Crippen molar-refractivity contribution in [2.75, 3.05) is 26.8 Å². The molecule has 0 aromatic carbocycles. The van der Waals surface area contributed by atoms with Crippen molar-refractivity contribution in [1.29, 1.82) is 0 Å². The van der Waals surface area contributed by atoms with Gasteiger partial charge < -0.3 is 20.9 Å². The lowest BCUT2D eigenvalue weighted by Gasteiger charge is -2.19. The van der Waals surface area contributed by atoms with Crippen LogP contribution >= 0.6 is 0 Å². The Morgan fingerprint density at radius 2 is 2.11 bits per heavy atom. The summed E-state index contributed by atoms with van der Waals surface area (Å²) >= 11 is 0. The smallest absolute Gasteiger partial charge is 0.222 e. The first-order chi connectivity index (χ1) is 8.53. The zero-order chi connectivity index (χ0) is 14.0. The van der Waals surface area contributed by atoms with Crippen molar-refractivity contribution < 1.29 is 14.6 Å². The van der Waals surface area contributed by atoms with E-state index in [1.807, 2.05) is 0 Å². The van der Waals surface area contributed by atoms with Gasteiger partial charge in [-0.15, -0.1) is 0 Å². The van der Waals surface area contributed by atoms with E-state index >= 15 is 0 Å². The number of nitrogens with two attached hydrogens (primary N) is 1. The molecular formula is C13H28N2O3. The summed E-state index contributed by atoms with van der Waals surface area (Å²) in [5, 5.41) is 11.9. The Morgan fingerprint density at radius 1 is 1.44 bits per heavy atom. The SMILES string of the molecule is COC(CN)CC(=O)NCC(CCO)CC(C)C. The van der Waals surface area contributed by atoms with Crippen molar-refractivity contribution in [1.82, 2.24) is 5.32 Å². The maximum absolute atomic E-state index is 11.7. The second kappa shape index (κ2) is 10.3. The molecule has 5 heteroatoms. The first kappa shape index (κ1) is 17.4. The van der Waals surface area contributed by atoms with Crippen molar-refractivity contribution in [3.63, 3.8) is 0 Å². The van der Waals surface area contributed by atoms with Crippen LogP contribution in [0.4, 0.5) is 0 Å². The highest BCUT2D eigenvalue weighted by atomic mass is 16.5. The third-order valence-electron chi connectivity index (χ3n) is 2.94. The molecule has 5 nitrogen and oxygen atoms in total. The van der Waals surface area contributed by atoms with E-state index in [1.54, 1.807) is 7.11 Å². The van der Waals surface area contributed by atoms with Crippen LogP contribution in [0.2, 0.25) is 0 Å². The summed E-state index contributed by atoms with van der Waals surface area (Å²) in [6, 6.07) is 0. The fourth-order valence-electron chi connectivity index (χ4n) is 1.95. The summed E-state index contributed by atoms with van der Waals surface area (Å²) in [4.78, 5) is 11.7. The van der Waals surface area contributed by atoms with Gasteiger partial charge >= 0.3 is 0 Å². The summed E-state index contributed by atoms with van der Waals surface area (Å²) in [5.74, 6) is 0.853. The quantitative estimate of drug-likeness (QED) is 0.534. The minimum Gasteiger partial charge on any atom is -0.396 e. The Kier molecular flexibility index (Phi) is 9.92. The molecule has 108 valence electrons. The fraction of sp³-hybridized carbons (Fsp3) is 0.923. The van der Waals surface area contributed by atoms with Crippen LogP contribution < -0.4 is 11.1 Å². The van der Waals surface area contributed by atoms with Gasteiger partial charge in [0.25, 0.3) is 0 Å². The van der Waals surface area contributed by atoms with Crippen LogP contribution in [0.15, 0.2) is 0 Å². The van der Waals surface area contributed by atoms with E-state index in [1.165, 1.54) is 0 Å². The van der Waals surface area contributed by atoms with Crippen LogP contribution in [0.1, 0.15) is 33.1 Å². The van der Waals surface area contributed by atoms with E-state index in [0.29, 0.717) is 31.3 Å². The number of methoxy groups -OCH3 is 1. The highest BCUT2D eigenvalue weighted by molar-refractivity contribution is 5.76. The van der Waals surface area contributed by atoms with Gasteiger partial charge in [-0.25, -0.2) is 0 Å². The summed E-state index contributed by atoms with van der Waals surface area (Å²) in [5.41, 5.74) is 5.46. The molecule has 4 N–H and O–H groups in total. The molecule has 0 radical (unpaired) electrons. The van der Waals surface area contributed by atoms with Gasteiger partial charge in [0.15, 0.2) is 0 Å². The summed E-state index contributed by atoms with van der Waals surface area (Å²) < 4.78 is 5.06. The van der Waals surface area contributed by atoms with Crippen molar-refractivity contribution in [2.45, 2.75) is 39.2 Å². The molecule has 0 bridgehead atoms. The maximum Gasteiger partial charge on any atom is 0.222 e. The van der Waals surface area contributed by atoms with Crippen LogP contribution in [0.25, 0.3) is 0 Å². The number of hydrogen-bond acceptors (Lipinski definition) is 4. The molecule has 0 rings (SSSR count). The second-order valence-electron chi connectivity index (χ2n) is 5.11. The molecule has 0 saturated carbocycles. The molecular weight excluding hydrogens is 232 g/mol. The molecule has 0 aromatic rings. The van der Waals surface area contributed by atoms with Crippen LogP contribution in [0.3, 0.4) is 0 Å². The van der Waals surface area contributed by atoms with Gasteiger partial charge in [-0.3, -0.25) is 4.79 Å². The molecule has 0 spiro atoms. The molecule has 0 fully saturated rings. The number of carbonyl (C=O) groups excluding carboxylic acids is 1. The molecule has 0 aromatic heterocycles. The van der Waals surface area contributed by atoms with Crippen LogP contribution in [-0.2, 0) is 9.53 Å². The van der Waals surface area contributed by atoms with Crippen molar-refractivity contribution in [3.8, 4) is 0 Å². The van der Waals surface area contributed by atoms with Crippen LogP contribution in [0, 0.1) is 11.8 Å². The lowest BCUT2D eigenvalue weighted by atomic mass is 9.94. The van der Waals surface area contributed by atoms with Gasteiger partial charge in [0.2, 0.25) is 5.91 Å². The summed E-state index contributed by atoms with van der Waals surface area (Å²) in [6.45, 7) is 5.40. The lowest BCUT2D eigenvalue weighted by Crippen LogP contribution is -2.35. The zero-order valence-corrected chi connectivity index (χ0v) is 11.8. The molecule has 0 aliphatic rings. The van der Waals surface area contributed by atoms with Gasteiger partial charge in [-0.05, 0) is 24.7 Å². The fourth-order valence-corrected chi connectivity index (χ4v) is 1.95. The first-order valence-electron chi connectivity index (χ1n) is 6.63. The number of amides is 1. The highest BCUT2D eigenvalue weighted by Gasteiger charge is 2.14. The van der Waals surface area contributed by atoms with E-state index in [9.17, 15) is 4.79 Å². The topological polar surface area (TPSA) is 84.6 Å². The normalized spacial score (nSPS) is 14.6. The van der Waals surface area contributed by atoms with Crippen molar-refractivity contribution >= 4 is 5.91 Å². The Labute approximate surface area is 110 Å². The summed E-state index contributed by atoms with van der Waals surface area (Å²) in [6.07, 6.45) is 1.81. The molecule has 0 aliphatic heterocycles. The van der Waals surface area contributed by atoms with Gasteiger partial charge in [-0.2, -0.15) is 0 Å². The number of hydrogen-bond donors (Lipinski definition) is 3. The van der Waals surface area contributed by atoms with Crippen molar-refractivity contribution in [2.24, 2.45) is 17.6 Å². The van der Waals surface area contributed by atoms with E-state index in [4.69, 9.17) is 15.6 Å². The Morgan fingerprint density at radius 3 is 2.56 bits per heavy atom. The first-order valence-corrected chi connectivity index (χ1v) is 6.63. The average Bonchev–Trinajstić information content (AvgIpc) is 2.32. The zero-order valence-electron chi connectivity index (χ0n) is 11.8. The third-order valence-corrected chi connectivity index (χ3v) is 2.94. The number of ether oxygens (including phenoxy) is 1. The number of aliphatic hydroxyl groups excluding tert-OH is 1. The van der Waals surface area contributed by atoms with Gasteiger partial charge in [0.05, 0.1) is 12.5 Å². The minimum absolute atomic E-state index is 0.0426. The Hall–Kier alpha value is -0.650. The van der Waals surface area contributed by atoms with Crippen LogP contribution in [-0.4, -0.2) is 43.9 Å². The number of carbonyl (C=O) groups is 1. The third kappa shape index (κ3) is 8.44. The van der Waals surface area contributed by atoms with Gasteiger partial charge in [-0.1, -0.05) is 13.8 Å². The predicted molar refractivity (Wildman–Crippen MR) is 72.1 cm³/mol. The van der Waals surface area contributed by atoms with Crippen LogP contribution in [0.5, 0.6) is 0 Å². The molecule has 2 atom stereocenters. The second-order valence-corrected chi connectivity index (χ2v) is 5.11. The number of aliphatic hydroxyl groups is 1. The molecule has 0 aliphatic carbocycles. The van der Waals surface area contributed by atoms with Crippen molar-refractivity contribution in [3.05, 3.63) is 0 Å². The Bertz CT molecular complexity index is 218. The standard InChI is InChI=1S/C13H28N2O3/c1-10(2)6-11(4-5-16)9-15-13(17)7-12(8-14)18-3/h10-12,16H,4-9,14H2,1-3H3,(H,15,17). The van der Waals surface area contributed by atoms with E-state index in [2.05, 4.69) is 19.2 Å². The monoisotopic (exact) mass is 260 g/mol. The molecule has 1 amide bonds. The summed E-state index contributed by atoms with van der Waals surface area (Å²) in [7, 11) is 1.55. The van der Waals surface area contributed by atoms with E-state index in [-0.39, 0.29) is 18.6 Å². The molecule has 0 saturated heterocycles. The molecule has 2 unspecified atom stereocenters. The average molecular weight is 260 g/mol. The Balaban J connectivity index is 3.98. The van der Waals surface area contributed by atoms with Gasteiger partial charge in [0, 0.05) is 26.8 Å². The number of nitrogens with one attached hydrogen (secondary N) is 1. The maximum atomic E-state index is 11.7. The molecule has 0 heterocycles. The highest BCUT2D eigenvalue weighted by Crippen LogP contribution is 2.14. The lowest BCUT2D eigenvalue weighted by molar-refractivity contribution is -0.123.